The summed E-state index contributed by atoms with van der Waals surface area (Å²) in [7, 11) is -3.47. The van der Waals surface area contributed by atoms with Crippen molar-refractivity contribution in [1.82, 2.24) is 4.72 Å². The van der Waals surface area contributed by atoms with Gasteiger partial charge in [-0.1, -0.05) is 41.4 Å². The minimum absolute atomic E-state index is 0.00996. The van der Waals surface area contributed by atoms with Crippen LogP contribution in [0.5, 0.6) is 0 Å². The first-order valence-electron chi connectivity index (χ1n) is 6.94. The molecule has 0 spiro atoms. The molecule has 1 heterocycles. The lowest BCUT2D eigenvalue weighted by Crippen LogP contribution is -2.39. The van der Waals surface area contributed by atoms with Crippen LogP contribution in [0.15, 0.2) is 42.5 Å². The molecule has 2 aromatic rings. The van der Waals surface area contributed by atoms with Crippen molar-refractivity contribution in [2.24, 2.45) is 0 Å². The van der Waals surface area contributed by atoms with Crippen LogP contribution in [0, 0.1) is 5.82 Å². The molecule has 1 fully saturated rings. The molecule has 0 saturated carbocycles. The maximum absolute atomic E-state index is 13.8. The molecule has 122 valence electrons. The fourth-order valence-electron chi connectivity index (χ4n) is 3.04. The molecule has 0 amide bonds. The van der Waals surface area contributed by atoms with Gasteiger partial charge in [-0.3, -0.25) is 0 Å². The predicted molar refractivity (Wildman–Crippen MR) is 89.9 cm³/mol. The van der Waals surface area contributed by atoms with E-state index in [1.54, 1.807) is 37.3 Å². The van der Waals surface area contributed by atoms with Gasteiger partial charge in [0.25, 0.3) is 0 Å². The molecule has 1 aliphatic heterocycles. The summed E-state index contributed by atoms with van der Waals surface area (Å²) in [5.41, 5.74) is 0.463. The van der Waals surface area contributed by atoms with Crippen LogP contribution in [0.2, 0.25) is 10.0 Å². The molecular weight excluding hydrogens is 360 g/mol. The van der Waals surface area contributed by atoms with E-state index in [2.05, 4.69) is 4.72 Å². The first-order chi connectivity index (χ1) is 10.7. The van der Waals surface area contributed by atoms with E-state index in [1.165, 1.54) is 12.1 Å². The molecule has 0 aliphatic carbocycles. The van der Waals surface area contributed by atoms with Crippen LogP contribution in [-0.4, -0.2) is 14.2 Å². The summed E-state index contributed by atoms with van der Waals surface area (Å²) in [5, 5.41) is 0.572. The Morgan fingerprint density at radius 1 is 1.17 bits per heavy atom. The Hall–Kier alpha value is -1.14. The van der Waals surface area contributed by atoms with Gasteiger partial charge in [-0.2, -0.15) is 0 Å². The van der Waals surface area contributed by atoms with E-state index in [0.717, 1.165) is 5.56 Å². The Kier molecular flexibility index (Phi) is 4.17. The summed E-state index contributed by atoms with van der Waals surface area (Å²) >= 11 is 11.6. The van der Waals surface area contributed by atoms with Crippen molar-refractivity contribution in [2.45, 2.75) is 18.4 Å². The maximum Gasteiger partial charge on any atom is 0.213 e. The third-order valence-corrected chi connectivity index (χ3v) is 6.31. The third-order valence-electron chi connectivity index (χ3n) is 4.24. The van der Waals surface area contributed by atoms with Gasteiger partial charge in [-0.15, -0.1) is 0 Å². The lowest BCUT2D eigenvalue weighted by molar-refractivity contribution is 0.403. The highest BCUT2D eigenvalue weighted by molar-refractivity contribution is 7.89. The van der Waals surface area contributed by atoms with Crippen molar-refractivity contribution < 1.29 is 12.8 Å². The standard InChI is InChI=1S/C16H14Cl2FNO2S/c1-16(11-3-5-12(17)6-4-11)13(9-23(21,22)20-16)10-2-7-14(18)15(19)8-10/h2-8,13,20H,9H2,1H3. The van der Waals surface area contributed by atoms with Crippen molar-refractivity contribution in [3.8, 4) is 0 Å². The SMILES string of the molecule is CC1(c2ccc(Cl)cc2)NS(=O)(=O)CC1c1ccc(Cl)c(F)c1. The van der Waals surface area contributed by atoms with E-state index in [0.29, 0.717) is 10.6 Å². The van der Waals surface area contributed by atoms with E-state index < -0.39 is 27.3 Å². The second-order valence-electron chi connectivity index (χ2n) is 5.82. The Labute approximate surface area is 144 Å². The number of nitrogens with one attached hydrogen (secondary N) is 1. The number of sulfonamides is 1. The molecule has 3 rings (SSSR count). The van der Waals surface area contributed by atoms with Gasteiger partial charge in [0.15, 0.2) is 0 Å². The van der Waals surface area contributed by atoms with Gasteiger partial charge < -0.3 is 0 Å². The normalized spacial score (nSPS) is 26.3. The third kappa shape index (κ3) is 3.11. The lowest BCUT2D eigenvalue weighted by atomic mass is 9.78. The number of benzene rings is 2. The van der Waals surface area contributed by atoms with Crippen molar-refractivity contribution in [3.63, 3.8) is 0 Å². The van der Waals surface area contributed by atoms with Crippen molar-refractivity contribution in [1.29, 1.82) is 0 Å². The van der Waals surface area contributed by atoms with Crippen LogP contribution < -0.4 is 4.72 Å². The largest absolute Gasteiger partial charge is 0.213 e. The van der Waals surface area contributed by atoms with Gasteiger partial charge in [-0.25, -0.2) is 17.5 Å². The molecule has 3 nitrogen and oxygen atoms in total. The Morgan fingerprint density at radius 2 is 1.83 bits per heavy atom. The summed E-state index contributed by atoms with van der Waals surface area (Å²) in [6, 6.07) is 11.4. The van der Waals surface area contributed by atoms with E-state index in [1.807, 2.05) is 0 Å². The molecular formula is C16H14Cl2FNO2S. The zero-order chi connectivity index (χ0) is 16.8. The summed E-state index contributed by atoms with van der Waals surface area (Å²) in [4.78, 5) is 0. The van der Waals surface area contributed by atoms with Crippen LogP contribution in [0.1, 0.15) is 24.0 Å². The number of halogens is 3. The Balaban J connectivity index is 2.12. The molecule has 7 heteroatoms. The zero-order valence-electron chi connectivity index (χ0n) is 12.2. The smallest absolute Gasteiger partial charge is 0.212 e. The molecule has 2 unspecified atom stereocenters. The van der Waals surface area contributed by atoms with Crippen LogP contribution in [0.4, 0.5) is 4.39 Å². The fraction of sp³-hybridized carbons (Fsp3) is 0.250. The molecule has 2 atom stereocenters. The van der Waals surface area contributed by atoms with E-state index in [-0.39, 0.29) is 10.8 Å². The van der Waals surface area contributed by atoms with Crippen LogP contribution in [-0.2, 0) is 15.6 Å². The van der Waals surface area contributed by atoms with Gasteiger partial charge in [-0.05, 0) is 42.3 Å². The van der Waals surface area contributed by atoms with Gasteiger partial charge in [0.2, 0.25) is 10.0 Å². The summed E-state index contributed by atoms with van der Waals surface area (Å²) in [6.07, 6.45) is 0. The van der Waals surface area contributed by atoms with Gasteiger partial charge >= 0.3 is 0 Å². The number of rotatable bonds is 2. The molecule has 0 bridgehead atoms. The predicted octanol–water partition coefficient (Wildman–Crippen LogP) is 4.06. The number of hydrogen-bond donors (Lipinski definition) is 1. The van der Waals surface area contributed by atoms with Crippen LogP contribution in [0.25, 0.3) is 0 Å². The van der Waals surface area contributed by atoms with Gasteiger partial charge in [0.05, 0.1) is 16.3 Å². The van der Waals surface area contributed by atoms with E-state index in [9.17, 15) is 12.8 Å². The topological polar surface area (TPSA) is 46.2 Å². The molecule has 1 N–H and O–H groups in total. The zero-order valence-corrected chi connectivity index (χ0v) is 14.5. The highest BCUT2D eigenvalue weighted by Crippen LogP contribution is 2.43. The van der Waals surface area contributed by atoms with Crippen molar-refractivity contribution in [2.75, 3.05) is 5.75 Å². The highest BCUT2D eigenvalue weighted by atomic mass is 35.5. The Bertz CT molecular complexity index is 855. The van der Waals surface area contributed by atoms with Crippen LogP contribution >= 0.6 is 23.2 Å². The first-order valence-corrected chi connectivity index (χ1v) is 9.35. The molecule has 2 aromatic carbocycles. The molecule has 23 heavy (non-hydrogen) atoms. The minimum Gasteiger partial charge on any atom is -0.212 e. The fourth-order valence-corrected chi connectivity index (χ4v) is 5.23. The molecule has 0 aromatic heterocycles. The Morgan fingerprint density at radius 3 is 2.43 bits per heavy atom. The first kappa shape index (κ1) is 16.7. The molecule has 1 aliphatic rings. The second-order valence-corrected chi connectivity index (χ2v) is 8.43. The number of hydrogen-bond acceptors (Lipinski definition) is 2. The quantitative estimate of drug-likeness (QED) is 0.862. The summed E-state index contributed by atoms with van der Waals surface area (Å²) in [6.45, 7) is 1.79. The molecule has 1 saturated heterocycles. The van der Waals surface area contributed by atoms with Crippen LogP contribution in [0.3, 0.4) is 0 Å². The highest BCUT2D eigenvalue weighted by Gasteiger charge is 2.48. The second kappa shape index (κ2) is 5.74. The monoisotopic (exact) mass is 373 g/mol. The van der Waals surface area contributed by atoms with E-state index >= 15 is 0 Å². The van der Waals surface area contributed by atoms with Gasteiger partial charge in [0.1, 0.15) is 5.82 Å². The van der Waals surface area contributed by atoms with Gasteiger partial charge in [0, 0.05) is 10.9 Å². The molecule has 0 radical (unpaired) electrons. The maximum atomic E-state index is 13.8. The average Bonchev–Trinajstić information content (AvgIpc) is 2.73. The lowest BCUT2D eigenvalue weighted by Gasteiger charge is -2.31. The summed E-state index contributed by atoms with van der Waals surface area (Å²) < 4.78 is 40.8. The summed E-state index contributed by atoms with van der Waals surface area (Å²) in [5.74, 6) is -1.12. The average molecular weight is 374 g/mol. The van der Waals surface area contributed by atoms with E-state index in [4.69, 9.17) is 23.2 Å². The van der Waals surface area contributed by atoms with Crippen molar-refractivity contribution >= 4 is 33.2 Å². The minimum atomic E-state index is -3.47. The van der Waals surface area contributed by atoms with Crippen molar-refractivity contribution in [3.05, 3.63) is 69.5 Å².